The van der Waals surface area contributed by atoms with Gasteiger partial charge in [-0.25, -0.2) is 0 Å². The van der Waals surface area contributed by atoms with Gasteiger partial charge in [0.05, 0.1) is 0 Å². The average Bonchev–Trinajstić information content (AvgIpc) is 2.14. The number of rotatable bonds is 2. The number of hydrogen-bond acceptors (Lipinski definition) is 0. The summed E-state index contributed by atoms with van der Waals surface area (Å²) in [5, 5.41) is 0. The first kappa shape index (κ1) is 8.87. The van der Waals surface area contributed by atoms with Gasteiger partial charge in [-0.2, -0.15) is 0 Å². The molecule has 0 heteroatoms. The highest BCUT2D eigenvalue weighted by Gasteiger charge is 1.80. The summed E-state index contributed by atoms with van der Waals surface area (Å²) in [6.45, 7) is 2.18. The lowest BCUT2D eigenvalue weighted by atomic mass is 10.2. The molecule has 0 aliphatic carbocycles. The molecule has 12 heavy (non-hydrogen) atoms. The number of unbranched alkanes of at least 4 members (excludes halogenated alkanes) is 2. The van der Waals surface area contributed by atoms with Gasteiger partial charge in [0.2, 0.25) is 0 Å². The van der Waals surface area contributed by atoms with Crippen molar-refractivity contribution in [2.45, 2.75) is 26.2 Å². The van der Waals surface area contributed by atoms with Crippen molar-refractivity contribution in [2.75, 3.05) is 0 Å². The van der Waals surface area contributed by atoms with E-state index >= 15 is 0 Å². The van der Waals surface area contributed by atoms with E-state index in [2.05, 4.69) is 18.8 Å². The van der Waals surface area contributed by atoms with Crippen LogP contribution in [-0.4, -0.2) is 0 Å². The fourth-order valence-corrected chi connectivity index (χ4v) is 0.951. The lowest BCUT2D eigenvalue weighted by Gasteiger charge is -1.86. The Bertz CT molecular complexity index is 261. The molecule has 0 unspecified atom stereocenters. The smallest absolute Gasteiger partial charge is 0.0245 e. The molecular formula is C12H14. The van der Waals surface area contributed by atoms with Crippen molar-refractivity contribution in [3.63, 3.8) is 0 Å². The molecule has 0 aromatic heterocycles. The molecule has 0 N–H and O–H groups in total. The van der Waals surface area contributed by atoms with Crippen LogP contribution in [0.4, 0.5) is 0 Å². The zero-order valence-corrected chi connectivity index (χ0v) is 7.51. The molecule has 0 saturated carbocycles. The van der Waals surface area contributed by atoms with Crippen LogP contribution in [0.3, 0.4) is 0 Å². The van der Waals surface area contributed by atoms with Crippen molar-refractivity contribution in [1.29, 1.82) is 0 Å². The summed E-state index contributed by atoms with van der Waals surface area (Å²) in [6, 6.07) is 10.1. The second-order valence-electron chi connectivity index (χ2n) is 2.77. The summed E-state index contributed by atoms with van der Waals surface area (Å²) < 4.78 is 0. The second kappa shape index (κ2) is 5.43. The van der Waals surface area contributed by atoms with Gasteiger partial charge in [-0.15, -0.1) is 0 Å². The summed E-state index contributed by atoms with van der Waals surface area (Å²) in [5.41, 5.74) is 1.12. The van der Waals surface area contributed by atoms with Gasteiger partial charge in [0, 0.05) is 12.0 Å². The predicted molar refractivity (Wildman–Crippen MR) is 52.8 cm³/mol. The highest BCUT2D eigenvalue weighted by atomic mass is 13.8. The Morgan fingerprint density at radius 2 is 1.92 bits per heavy atom. The van der Waals surface area contributed by atoms with Crippen LogP contribution in [-0.2, 0) is 0 Å². The third kappa shape index (κ3) is 3.25. The Labute approximate surface area is 74.6 Å². The Balaban J connectivity index is 2.44. The van der Waals surface area contributed by atoms with Crippen LogP contribution in [0.25, 0.3) is 0 Å². The summed E-state index contributed by atoms with van der Waals surface area (Å²) in [6.07, 6.45) is 3.45. The molecule has 0 radical (unpaired) electrons. The maximum absolute atomic E-state index is 3.15. The van der Waals surface area contributed by atoms with Crippen LogP contribution in [0.2, 0.25) is 0 Å². The van der Waals surface area contributed by atoms with E-state index in [9.17, 15) is 0 Å². The van der Waals surface area contributed by atoms with Crippen molar-refractivity contribution in [3.05, 3.63) is 35.9 Å². The van der Waals surface area contributed by atoms with Gasteiger partial charge in [0.1, 0.15) is 0 Å². The van der Waals surface area contributed by atoms with E-state index in [1.807, 2.05) is 30.3 Å². The highest BCUT2D eigenvalue weighted by Crippen LogP contribution is 1.96. The molecule has 1 aromatic carbocycles. The van der Waals surface area contributed by atoms with Crippen LogP contribution in [0.15, 0.2) is 30.3 Å². The average molecular weight is 158 g/mol. The monoisotopic (exact) mass is 158 g/mol. The molecule has 0 nitrogen and oxygen atoms in total. The first-order chi connectivity index (χ1) is 5.93. The van der Waals surface area contributed by atoms with E-state index in [0.29, 0.717) is 0 Å². The van der Waals surface area contributed by atoms with Crippen molar-refractivity contribution in [3.8, 4) is 11.8 Å². The third-order valence-corrected chi connectivity index (χ3v) is 1.66. The maximum atomic E-state index is 3.15. The SMILES string of the molecule is CCCCC#Cc1ccccc1. The quantitative estimate of drug-likeness (QED) is 0.458. The Morgan fingerprint density at radius 3 is 2.58 bits per heavy atom. The van der Waals surface area contributed by atoms with E-state index in [1.54, 1.807) is 0 Å². The van der Waals surface area contributed by atoms with Crippen LogP contribution in [0.5, 0.6) is 0 Å². The van der Waals surface area contributed by atoms with Crippen molar-refractivity contribution >= 4 is 0 Å². The molecule has 0 saturated heterocycles. The Morgan fingerprint density at radius 1 is 1.17 bits per heavy atom. The van der Waals surface area contributed by atoms with Crippen LogP contribution in [0, 0.1) is 11.8 Å². The van der Waals surface area contributed by atoms with E-state index in [-0.39, 0.29) is 0 Å². The van der Waals surface area contributed by atoms with Gasteiger partial charge >= 0.3 is 0 Å². The first-order valence-corrected chi connectivity index (χ1v) is 4.47. The number of hydrogen-bond donors (Lipinski definition) is 0. The van der Waals surface area contributed by atoms with E-state index in [4.69, 9.17) is 0 Å². The number of benzene rings is 1. The minimum atomic E-state index is 1.02. The molecular weight excluding hydrogens is 144 g/mol. The van der Waals surface area contributed by atoms with Gasteiger partial charge in [-0.1, -0.05) is 43.4 Å². The van der Waals surface area contributed by atoms with Gasteiger partial charge in [-0.05, 0) is 18.6 Å². The first-order valence-electron chi connectivity index (χ1n) is 4.47. The van der Waals surface area contributed by atoms with Gasteiger partial charge < -0.3 is 0 Å². The molecule has 0 fully saturated rings. The van der Waals surface area contributed by atoms with Crippen molar-refractivity contribution < 1.29 is 0 Å². The summed E-state index contributed by atoms with van der Waals surface area (Å²) >= 11 is 0. The maximum Gasteiger partial charge on any atom is 0.0245 e. The lowest BCUT2D eigenvalue weighted by Crippen LogP contribution is -1.71. The fourth-order valence-electron chi connectivity index (χ4n) is 0.951. The van der Waals surface area contributed by atoms with Crippen LogP contribution < -0.4 is 0 Å². The molecule has 0 spiro atoms. The van der Waals surface area contributed by atoms with Gasteiger partial charge in [-0.3, -0.25) is 0 Å². The molecule has 0 heterocycles. The molecule has 62 valence electrons. The molecule has 0 amide bonds. The molecule has 1 aromatic rings. The van der Waals surface area contributed by atoms with E-state index in [0.717, 1.165) is 12.0 Å². The summed E-state index contributed by atoms with van der Waals surface area (Å²) in [4.78, 5) is 0. The Hall–Kier alpha value is -1.22. The predicted octanol–water partition coefficient (Wildman–Crippen LogP) is 3.23. The van der Waals surface area contributed by atoms with Gasteiger partial charge in [0.25, 0.3) is 0 Å². The van der Waals surface area contributed by atoms with Crippen molar-refractivity contribution in [2.24, 2.45) is 0 Å². The molecule has 1 rings (SSSR count). The van der Waals surface area contributed by atoms with Crippen LogP contribution >= 0.6 is 0 Å². The molecule has 0 aliphatic rings. The Kier molecular flexibility index (Phi) is 4.02. The van der Waals surface area contributed by atoms with Crippen molar-refractivity contribution in [1.82, 2.24) is 0 Å². The summed E-state index contributed by atoms with van der Waals surface area (Å²) in [7, 11) is 0. The fraction of sp³-hybridized carbons (Fsp3) is 0.333. The molecule has 0 atom stereocenters. The standard InChI is InChI=1S/C12H14/c1-2-3-4-6-9-12-10-7-5-8-11-12/h5,7-8,10-11H,2-4H2,1H3. The van der Waals surface area contributed by atoms with E-state index in [1.165, 1.54) is 12.8 Å². The molecule has 0 aliphatic heterocycles. The second-order valence-corrected chi connectivity index (χ2v) is 2.77. The third-order valence-electron chi connectivity index (χ3n) is 1.66. The highest BCUT2D eigenvalue weighted by molar-refractivity contribution is 5.33. The van der Waals surface area contributed by atoms with E-state index < -0.39 is 0 Å². The van der Waals surface area contributed by atoms with Gasteiger partial charge in [0.15, 0.2) is 0 Å². The normalized spacial score (nSPS) is 8.75. The summed E-state index contributed by atoms with van der Waals surface area (Å²) in [5.74, 6) is 6.28. The lowest BCUT2D eigenvalue weighted by molar-refractivity contribution is 0.828. The largest absolute Gasteiger partial charge is 0.0979 e. The zero-order chi connectivity index (χ0) is 8.65. The molecule has 0 bridgehead atoms. The zero-order valence-electron chi connectivity index (χ0n) is 7.51. The minimum absolute atomic E-state index is 1.02. The topological polar surface area (TPSA) is 0 Å². The minimum Gasteiger partial charge on any atom is -0.0979 e. The van der Waals surface area contributed by atoms with Crippen LogP contribution in [0.1, 0.15) is 31.7 Å².